The topological polar surface area (TPSA) is 95.7 Å². The summed E-state index contributed by atoms with van der Waals surface area (Å²) in [5, 5.41) is 5.25. The molecule has 0 bridgehead atoms. The van der Waals surface area contributed by atoms with Gasteiger partial charge >= 0.3 is 0 Å². The van der Waals surface area contributed by atoms with Crippen molar-refractivity contribution in [3.8, 4) is 17.2 Å². The Morgan fingerprint density at radius 3 is 2.33 bits per heavy atom. The van der Waals surface area contributed by atoms with Gasteiger partial charge in [-0.3, -0.25) is 4.79 Å². The predicted molar refractivity (Wildman–Crippen MR) is 92.0 cm³/mol. The molecule has 0 aliphatic heterocycles. The van der Waals surface area contributed by atoms with Crippen LogP contribution in [0.5, 0.6) is 17.2 Å². The lowest BCUT2D eigenvalue weighted by Crippen LogP contribution is -2.23. The Morgan fingerprint density at radius 2 is 1.88 bits per heavy atom. The zero-order valence-electron chi connectivity index (χ0n) is 14.1. The molecule has 1 heterocycles. The number of hydrogen-bond donors (Lipinski definition) is 2. The maximum Gasteiger partial charge on any atom is 0.271 e. The predicted octanol–water partition coefficient (Wildman–Crippen LogP) is 2.12. The molecule has 0 spiro atoms. The van der Waals surface area contributed by atoms with Gasteiger partial charge in [0.05, 0.1) is 27.4 Å². The first kappa shape index (κ1) is 18.0. The molecular weight excluding hydrogens is 330 g/mol. The summed E-state index contributed by atoms with van der Waals surface area (Å²) in [5.41, 5.74) is 6.94. The van der Waals surface area contributed by atoms with Crippen LogP contribution in [0.4, 0.5) is 0 Å². The van der Waals surface area contributed by atoms with Crippen LogP contribution in [0, 0.1) is 0 Å². The van der Waals surface area contributed by atoms with E-state index >= 15 is 0 Å². The third-order valence-electron chi connectivity index (χ3n) is 3.32. The molecule has 0 aliphatic carbocycles. The van der Waals surface area contributed by atoms with Crippen LogP contribution in [0.25, 0.3) is 0 Å². The highest BCUT2D eigenvalue weighted by Crippen LogP contribution is 2.38. The standard InChI is InChI=1S/C16H21N3O4S/c1-9(17)16-19-11(8-24-16)15(20)18-7-10-5-12(21-2)14(23-4)13(6-10)22-3/h5-6,8-9H,7,17H2,1-4H3,(H,18,20). The second-order valence-electron chi connectivity index (χ2n) is 5.08. The van der Waals surface area contributed by atoms with Crippen LogP contribution in [0.2, 0.25) is 0 Å². The molecule has 1 aromatic carbocycles. The molecule has 0 radical (unpaired) electrons. The number of ether oxygens (including phenoxy) is 3. The van der Waals surface area contributed by atoms with Crippen molar-refractivity contribution in [3.63, 3.8) is 0 Å². The SMILES string of the molecule is COc1cc(CNC(=O)c2csc(C(C)N)n2)cc(OC)c1OC. The van der Waals surface area contributed by atoms with Gasteiger partial charge in [0.15, 0.2) is 11.5 Å². The van der Waals surface area contributed by atoms with Crippen LogP contribution < -0.4 is 25.3 Å². The lowest BCUT2D eigenvalue weighted by molar-refractivity contribution is 0.0946. The minimum absolute atomic E-state index is 0.188. The Kier molecular flexibility index (Phi) is 5.99. The lowest BCUT2D eigenvalue weighted by atomic mass is 10.1. The summed E-state index contributed by atoms with van der Waals surface area (Å²) in [6.07, 6.45) is 0. The van der Waals surface area contributed by atoms with Gasteiger partial charge in [0.1, 0.15) is 10.7 Å². The van der Waals surface area contributed by atoms with Crippen molar-refractivity contribution >= 4 is 17.2 Å². The fraction of sp³-hybridized carbons (Fsp3) is 0.375. The van der Waals surface area contributed by atoms with E-state index in [0.717, 1.165) is 10.6 Å². The molecule has 0 fully saturated rings. The molecule has 0 saturated heterocycles. The van der Waals surface area contributed by atoms with Crippen LogP contribution in [0.3, 0.4) is 0 Å². The highest BCUT2D eigenvalue weighted by molar-refractivity contribution is 7.09. The number of nitrogens with zero attached hydrogens (tertiary/aromatic N) is 1. The number of hydrogen-bond acceptors (Lipinski definition) is 7. The molecule has 0 aliphatic rings. The molecule has 1 aromatic heterocycles. The number of thiazole rings is 1. The van der Waals surface area contributed by atoms with Crippen molar-refractivity contribution in [3.05, 3.63) is 33.8 Å². The smallest absolute Gasteiger partial charge is 0.271 e. The second-order valence-corrected chi connectivity index (χ2v) is 5.97. The first-order chi connectivity index (χ1) is 11.5. The number of carbonyl (C=O) groups is 1. The van der Waals surface area contributed by atoms with Gasteiger partial charge in [-0.25, -0.2) is 4.98 Å². The minimum Gasteiger partial charge on any atom is -0.493 e. The van der Waals surface area contributed by atoms with E-state index in [2.05, 4.69) is 10.3 Å². The van der Waals surface area contributed by atoms with Gasteiger partial charge in [-0.05, 0) is 24.6 Å². The molecular formula is C16H21N3O4S. The van der Waals surface area contributed by atoms with Gasteiger partial charge < -0.3 is 25.3 Å². The molecule has 0 saturated carbocycles. The third-order valence-corrected chi connectivity index (χ3v) is 4.37. The van der Waals surface area contributed by atoms with E-state index in [-0.39, 0.29) is 11.9 Å². The average Bonchev–Trinajstić information content (AvgIpc) is 3.09. The first-order valence-corrected chi connectivity index (χ1v) is 8.16. The minimum atomic E-state index is -0.257. The molecule has 3 N–H and O–H groups in total. The Morgan fingerprint density at radius 1 is 1.25 bits per heavy atom. The third kappa shape index (κ3) is 3.95. The zero-order valence-corrected chi connectivity index (χ0v) is 14.9. The largest absolute Gasteiger partial charge is 0.493 e. The van der Waals surface area contributed by atoms with Gasteiger partial charge in [0.25, 0.3) is 5.91 Å². The van der Waals surface area contributed by atoms with Gasteiger partial charge in [0.2, 0.25) is 5.75 Å². The molecule has 2 aromatic rings. The van der Waals surface area contributed by atoms with E-state index in [4.69, 9.17) is 19.9 Å². The highest BCUT2D eigenvalue weighted by atomic mass is 32.1. The second kappa shape index (κ2) is 7.98. The van der Waals surface area contributed by atoms with E-state index in [0.29, 0.717) is 29.5 Å². The van der Waals surface area contributed by atoms with Crippen molar-refractivity contribution in [2.45, 2.75) is 19.5 Å². The fourth-order valence-corrected chi connectivity index (χ4v) is 2.87. The summed E-state index contributed by atoms with van der Waals surface area (Å²) in [6.45, 7) is 2.14. The summed E-state index contributed by atoms with van der Waals surface area (Å²) in [6, 6.07) is 3.39. The molecule has 24 heavy (non-hydrogen) atoms. The van der Waals surface area contributed by atoms with Gasteiger partial charge in [-0.1, -0.05) is 0 Å². The number of rotatable bonds is 7. The lowest BCUT2D eigenvalue weighted by Gasteiger charge is -2.14. The average molecular weight is 351 g/mol. The van der Waals surface area contributed by atoms with Crippen molar-refractivity contribution < 1.29 is 19.0 Å². The number of amides is 1. The Labute approximate surface area is 144 Å². The normalized spacial score (nSPS) is 11.7. The Balaban J connectivity index is 2.11. The number of nitrogens with two attached hydrogens (primary N) is 1. The summed E-state index contributed by atoms with van der Waals surface area (Å²) >= 11 is 1.37. The van der Waals surface area contributed by atoms with E-state index in [1.807, 2.05) is 6.92 Å². The van der Waals surface area contributed by atoms with E-state index in [1.165, 1.54) is 11.3 Å². The molecule has 1 amide bonds. The number of carbonyl (C=O) groups excluding carboxylic acids is 1. The quantitative estimate of drug-likeness (QED) is 0.793. The number of methoxy groups -OCH3 is 3. The van der Waals surface area contributed by atoms with E-state index in [9.17, 15) is 4.79 Å². The monoisotopic (exact) mass is 351 g/mol. The van der Waals surface area contributed by atoms with Crippen LogP contribution in [0.15, 0.2) is 17.5 Å². The van der Waals surface area contributed by atoms with Crippen LogP contribution in [-0.2, 0) is 6.54 Å². The summed E-state index contributed by atoms with van der Waals surface area (Å²) in [4.78, 5) is 16.4. The number of benzene rings is 1. The molecule has 2 rings (SSSR count). The first-order valence-electron chi connectivity index (χ1n) is 7.28. The Hall–Kier alpha value is -2.32. The summed E-state index contributed by atoms with van der Waals surface area (Å²) in [7, 11) is 4.63. The molecule has 1 atom stereocenters. The highest BCUT2D eigenvalue weighted by Gasteiger charge is 2.15. The molecule has 130 valence electrons. The summed E-state index contributed by atoms with van der Waals surface area (Å²) < 4.78 is 15.9. The maximum absolute atomic E-state index is 12.2. The van der Waals surface area contributed by atoms with Gasteiger partial charge in [-0.15, -0.1) is 11.3 Å². The van der Waals surface area contributed by atoms with Crippen LogP contribution in [0.1, 0.15) is 34.0 Å². The molecule has 7 nitrogen and oxygen atoms in total. The fourth-order valence-electron chi connectivity index (χ4n) is 2.11. The molecule has 1 unspecified atom stereocenters. The van der Waals surface area contributed by atoms with E-state index < -0.39 is 0 Å². The number of aromatic nitrogens is 1. The maximum atomic E-state index is 12.2. The van der Waals surface area contributed by atoms with Gasteiger partial charge in [-0.2, -0.15) is 0 Å². The van der Waals surface area contributed by atoms with Crippen molar-refractivity contribution in [1.82, 2.24) is 10.3 Å². The van der Waals surface area contributed by atoms with Crippen LogP contribution in [-0.4, -0.2) is 32.2 Å². The zero-order chi connectivity index (χ0) is 17.7. The summed E-state index contributed by atoms with van der Waals surface area (Å²) in [5.74, 6) is 1.33. The van der Waals surface area contributed by atoms with Gasteiger partial charge in [0, 0.05) is 11.9 Å². The molecule has 8 heteroatoms. The van der Waals surface area contributed by atoms with E-state index in [1.54, 1.807) is 38.8 Å². The van der Waals surface area contributed by atoms with Crippen molar-refractivity contribution in [1.29, 1.82) is 0 Å². The Bertz CT molecular complexity index is 690. The number of nitrogens with one attached hydrogen (secondary N) is 1. The van der Waals surface area contributed by atoms with Crippen molar-refractivity contribution in [2.24, 2.45) is 5.73 Å². The van der Waals surface area contributed by atoms with Crippen LogP contribution >= 0.6 is 11.3 Å². The van der Waals surface area contributed by atoms with Crippen molar-refractivity contribution in [2.75, 3.05) is 21.3 Å².